The van der Waals surface area contributed by atoms with E-state index < -0.39 is 0 Å². The molecule has 6 heteroatoms. The number of methoxy groups -OCH3 is 1. The SMILES string of the molecule is COc1ccccc1NC(=O)c1sc2nc3c(cc2c1N)CCCCC3. The standard InChI is InChI=1S/C20H21N3O2S/c1-25-16-10-6-5-9-15(16)22-19(24)18-17(21)13-11-12-7-3-2-4-8-14(12)23-20(13)26-18/h5-6,9-11H,2-4,7-8,21H2,1H3,(H,22,24). The van der Waals surface area contributed by atoms with E-state index in [9.17, 15) is 4.79 Å². The van der Waals surface area contributed by atoms with Crippen LogP contribution >= 0.6 is 11.3 Å². The van der Waals surface area contributed by atoms with E-state index in [-0.39, 0.29) is 5.91 Å². The number of nitrogens with zero attached hydrogens (tertiary/aromatic N) is 1. The van der Waals surface area contributed by atoms with Gasteiger partial charge in [0, 0.05) is 11.1 Å². The van der Waals surface area contributed by atoms with Gasteiger partial charge in [-0.3, -0.25) is 4.79 Å². The first kappa shape index (κ1) is 16.8. The smallest absolute Gasteiger partial charge is 0.268 e. The Bertz CT molecular complexity index is 981. The van der Waals surface area contributed by atoms with Crippen LogP contribution in [-0.2, 0) is 12.8 Å². The predicted octanol–water partition coefficient (Wildman–Crippen LogP) is 4.41. The van der Waals surface area contributed by atoms with Gasteiger partial charge in [0.1, 0.15) is 15.5 Å². The van der Waals surface area contributed by atoms with E-state index in [0.29, 0.717) is 22.0 Å². The summed E-state index contributed by atoms with van der Waals surface area (Å²) in [5.74, 6) is 0.385. The fourth-order valence-corrected chi connectivity index (χ4v) is 4.42. The number of rotatable bonds is 3. The van der Waals surface area contributed by atoms with E-state index in [2.05, 4.69) is 11.4 Å². The molecule has 2 aromatic heterocycles. The number of ether oxygens (including phenoxy) is 1. The Morgan fingerprint density at radius 3 is 2.88 bits per heavy atom. The van der Waals surface area contributed by atoms with Gasteiger partial charge in [-0.25, -0.2) is 4.98 Å². The van der Waals surface area contributed by atoms with E-state index in [1.165, 1.54) is 36.2 Å². The van der Waals surface area contributed by atoms with Crippen molar-refractivity contribution in [1.82, 2.24) is 4.98 Å². The second-order valence-electron chi connectivity index (χ2n) is 6.51. The molecule has 1 amide bonds. The molecule has 0 saturated heterocycles. The topological polar surface area (TPSA) is 77.2 Å². The maximum Gasteiger partial charge on any atom is 0.268 e. The first-order valence-electron chi connectivity index (χ1n) is 8.82. The van der Waals surface area contributed by atoms with Crippen molar-refractivity contribution in [2.45, 2.75) is 32.1 Å². The van der Waals surface area contributed by atoms with Crippen LogP contribution in [0.15, 0.2) is 30.3 Å². The van der Waals surface area contributed by atoms with E-state index >= 15 is 0 Å². The van der Waals surface area contributed by atoms with E-state index in [1.807, 2.05) is 18.2 Å². The van der Waals surface area contributed by atoms with E-state index in [4.69, 9.17) is 15.5 Å². The Morgan fingerprint density at radius 1 is 1.23 bits per heavy atom. The summed E-state index contributed by atoms with van der Waals surface area (Å²) in [6, 6.07) is 9.46. The summed E-state index contributed by atoms with van der Waals surface area (Å²) in [6.07, 6.45) is 5.65. The van der Waals surface area contributed by atoms with Crippen molar-refractivity contribution in [3.63, 3.8) is 0 Å². The van der Waals surface area contributed by atoms with Crippen molar-refractivity contribution < 1.29 is 9.53 Å². The largest absolute Gasteiger partial charge is 0.495 e. The lowest BCUT2D eigenvalue weighted by Crippen LogP contribution is -2.12. The molecule has 3 N–H and O–H groups in total. The highest BCUT2D eigenvalue weighted by atomic mass is 32.1. The number of nitrogens with two attached hydrogens (primary N) is 1. The number of hydrogen-bond donors (Lipinski definition) is 2. The zero-order chi connectivity index (χ0) is 18.1. The number of thiophene rings is 1. The quantitative estimate of drug-likeness (QED) is 0.672. The minimum Gasteiger partial charge on any atom is -0.495 e. The summed E-state index contributed by atoms with van der Waals surface area (Å²) < 4.78 is 5.30. The summed E-state index contributed by atoms with van der Waals surface area (Å²) in [6.45, 7) is 0. The van der Waals surface area contributed by atoms with Gasteiger partial charge >= 0.3 is 0 Å². The van der Waals surface area contributed by atoms with Crippen LogP contribution in [0.3, 0.4) is 0 Å². The lowest BCUT2D eigenvalue weighted by molar-refractivity contribution is 0.103. The normalized spacial score (nSPS) is 13.9. The van der Waals surface area contributed by atoms with Crippen molar-refractivity contribution in [3.05, 3.63) is 46.5 Å². The van der Waals surface area contributed by atoms with Gasteiger partial charge in [-0.2, -0.15) is 0 Å². The Kier molecular flexibility index (Phi) is 4.51. The van der Waals surface area contributed by atoms with Gasteiger partial charge in [-0.05, 0) is 49.4 Å². The fraction of sp³-hybridized carbons (Fsp3) is 0.300. The van der Waals surface area contributed by atoms with E-state index in [1.54, 1.807) is 13.2 Å². The molecule has 26 heavy (non-hydrogen) atoms. The number of hydrogen-bond acceptors (Lipinski definition) is 5. The van der Waals surface area contributed by atoms with Crippen LogP contribution in [-0.4, -0.2) is 18.0 Å². The summed E-state index contributed by atoms with van der Waals surface area (Å²) in [7, 11) is 1.58. The second kappa shape index (κ2) is 6.96. The van der Waals surface area contributed by atoms with Crippen LogP contribution < -0.4 is 15.8 Å². The van der Waals surface area contributed by atoms with E-state index in [0.717, 1.165) is 28.8 Å². The molecule has 0 fully saturated rings. The number of anilines is 2. The van der Waals surface area contributed by atoms with Crippen LogP contribution in [0.2, 0.25) is 0 Å². The molecule has 0 radical (unpaired) electrons. The summed E-state index contributed by atoms with van der Waals surface area (Å²) in [5.41, 5.74) is 9.89. The monoisotopic (exact) mass is 367 g/mol. The first-order chi connectivity index (χ1) is 12.7. The zero-order valence-electron chi connectivity index (χ0n) is 14.7. The summed E-state index contributed by atoms with van der Waals surface area (Å²) in [5, 5.41) is 3.79. The minimum atomic E-state index is -0.231. The van der Waals surface area contributed by atoms with Gasteiger partial charge < -0.3 is 15.8 Å². The number of carbonyl (C=O) groups is 1. The number of nitrogen functional groups attached to an aromatic ring is 1. The summed E-state index contributed by atoms with van der Waals surface area (Å²) >= 11 is 1.36. The van der Waals surface area contributed by atoms with Crippen molar-refractivity contribution >= 4 is 38.8 Å². The van der Waals surface area contributed by atoms with Gasteiger partial charge in [-0.1, -0.05) is 18.6 Å². The number of aryl methyl sites for hydroxylation is 2. The van der Waals surface area contributed by atoms with Crippen LogP contribution in [0.4, 0.5) is 11.4 Å². The molecule has 0 bridgehead atoms. The molecule has 1 aliphatic carbocycles. The highest BCUT2D eigenvalue weighted by molar-refractivity contribution is 7.21. The average molecular weight is 367 g/mol. The molecule has 1 aromatic carbocycles. The average Bonchev–Trinajstić information content (AvgIpc) is 2.82. The molecule has 2 heterocycles. The minimum absolute atomic E-state index is 0.231. The molecule has 1 aliphatic rings. The van der Waals surface area contributed by atoms with Crippen molar-refractivity contribution in [1.29, 1.82) is 0 Å². The molecule has 0 aliphatic heterocycles. The predicted molar refractivity (Wildman–Crippen MR) is 106 cm³/mol. The maximum absolute atomic E-state index is 12.8. The highest BCUT2D eigenvalue weighted by Crippen LogP contribution is 2.36. The summed E-state index contributed by atoms with van der Waals surface area (Å²) in [4.78, 5) is 18.9. The molecule has 5 nitrogen and oxygen atoms in total. The van der Waals surface area contributed by atoms with Crippen LogP contribution in [0.1, 0.15) is 40.2 Å². The number of pyridine rings is 1. The number of nitrogens with one attached hydrogen (secondary N) is 1. The third-order valence-electron chi connectivity index (χ3n) is 4.81. The van der Waals surface area contributed by atoms with Crippen LogP contribution in [0, 0.1) is 0 Å². The fourth-order valence-electron chi connectivity index (χ4n) is 3.43. The molecule has 4 rings (SSSR count). The molecule has 0 unspecified atom stereocenters. The molecule has 134 valence electrons. The molecule has 0 spiro atoms. The van der Waals surface area contributed by atoms with Crippen LogP contribution in [0.5, 0.6) is 5.75 Å². The van der Waals surface area contributed by atoms with Crippen LogP contribution in [0.25, 0.3) is 10.2 Å². The van der Waals surface area contributed by atoms with Gasteiger partial charge in [0.05, 0.1) is 18.5 Å². The van der Waals surface area contributed by atoms with Crippen molar-refractivity contribution in [2.24, 2.45) is 0 Å². The first-order valence-corrected chi connectivity index (χ1v) is 9.64. The van der Waals surface area contributed by atoms with Crippen molar-refractivity contribution in [2.75, 3.05) is 18.2 Å². The number of aromatic nitrogens is 1. The van der Waals surface area contributed by atoms with Gasteiger partial charge in [0.2, 0.25) is 0 Å². The Labute approximate surface area is 156 Å². The Balaban J connectivity index is 1.70. The Hall–Kier alpha value is -2.60. The third-order valence-corrected chi connectivity index (χ3v) is 5.92. The molecule has 3 aromatic rings. The van der Waals surface area contributed by atoms with Gasteiger partial charge in [0.15, 0.2) is 0 Å². The van der Waals surface area contributed by atoms with Gasteiger partial charge in [-0.15, -0.1) is 11.3 Å². The molecule has 0 saturated carbocycles. The molecule has 0 atom stereocenters. The molecular weight excluding hydrogens is 346 g/mol. The number of fused-ring (bicyclic) bond motifs is 2. The Morgan fingerprint density at radius 2 is 2.04 bits per heavy atom. The van der Waals surface area contributed by atoms with Crippen molar-refractivity contribution in [3.8, 4) is 5.75 Å². The third kappa shape index (κ3) is 3.01. The maximum atomic E-state index is 12.8. The zero-order valence-corrected chi connectivity index (χ0v) is 15.5. The number of carbonyl (C=O) groups excluding carboxylic acids is 1. The highest BCUT2D eigenvalue weighted by Gasteiger charge is 2.20. The molecular formula is C20H21N3O2S. The number of para-hydroxylation sites is 2. The number of amides is 1. The lowest BCUT2D eigenvalue weighted by Gasteiger charge is -2.09. The lowest BCUT2D eigenvalue weighted by atomic mass is 10.1. The second-order valence-corrected chi connectivity index (χ2v) is 7.51. The van der Waals surface area contributed by atoms with Gasteiger partial charge in [0.25, 0.3) is 5.91 Å². The number of benzene rings is 1.